The van der Waals surface area contributed by atoms with E-state index in [9.17, 15) is 0 Å². The van der Waals surface area contributed by atoms with Crippen LogP contribution < -0.4 is 0 Å². The fraction of sp³-hybridized carbons (Fsp3) is 0. The van der Waals surface area contributed by atoms with Crippen LogP contribution >= 0.6 is 11.5 Å². The quantitative estimate of drug-likeness (QED) is 0.624. The topological polar surface area (TPSA) is 38.7 Å². The Kier molecular flexibility index (Phi) is 1.93. The molecule has 0 saturated heterocycles. The summed E-state index contributed by atoms with van der Waals surface area (Å²) >= 11 is 1.49. The largest absolute Gasteiger partial charge is 0.264 e. The minimum Gasteiger partial charge on any atom is -0.264 e. The Bertz CT molecular complexity index is 589. The fourth-order valence-corrected chi connectivity index (χ4v) is 2.26. The van der Waals surface area contributed by atoms with Crippen molar-refractivity contribution in [2.24, 2.45) is 0 Å². The highest BCUT2D eigenvalue weighted by molar-refractivity contribution is 7.13. The minimum atomic E-state index is 0.969. The van der Waals surface area contributed by atoms with Gasteiger partial charge in [-0.15, -0.1) is 0 Å². The van der Waals surface area contributed by atoms with E-state index in [2.05, 4.69) is 14.3 Å². The second kappa shape index (κ2) is 3.40. The number of fused-ring (bicyclic) bond motifs is 1. The Morgan fingerprint density at radius 3 is 2.80 bits per heavy atom. The van der Waals surface area contributed by atoms with Crippen molar-refractivity contribution in [3.05, 3.63) is 43.0 Å². The van der Waals surface area contributed by atoms with Crippen molar-refractivity contribution >= 4 is 21.6 Å². The molecule has 0 N–H and O–H groups in total. The maximum absolute atomic E-state index is 4.43. The van der Waals surface area contributed by atoms with E-state index in [1.807, 2.05) is 30.6 Å². The van der Waals surface area contributed by atoms with Gasteiger partial charge in [0.15, 0.2) is 0 Å². The van der Waals surface area contributed by atoms with Crippen molar-refractivity contribution in [2.75, 3.05) is 0 Å². The van der Waals surface area contributed by atoms with Crippen molar-refractivity contribution in [1.29, 1.82) is 0 Å². The summed E-state index contributed by atoms with van der Waals surface area (Å²) in [5.41, 5.74) is 2.01. The van der Waals surface area contributed by atoms with Crippen LogP contribution in [-0.4, -0.2) is 14.3 Å². The van der Waals surface area contributed by atoms with Crippen molar-refractivity contribution in [1.82, 2.24) is 14.3 Å². The van der Waals surface area contributed by atoms with Gasteiger partial charge in [0, 0.05) is 35.7 Å². The fourth-order valence-electron chi connectivity index (χ4n) is 1.49. The summed E-state index contributed by atoms with van der Waals surface area (Å²) in [5, 5.41) is 1.09. The molecule has 3 aromatic rings. The molecule has 0 aromatic carbocycles. The summed E-state index contributed by atoms with van der Waals surface area (Å²) in [7, 11) is 0. The minimum absolute atomic E-state index is 0.969. The van der Waals surface area contributed by atoms with Crippen molar-refractivity contribution in [2.45, 2.75) is 0 Å². The number of hydrogen-bond acceptors (Lipinski definition) is 4. The molecule has 0 aliphatic carbocycles. The molecule has 0 atom stereocenters. The van der Waals surface area contributed by atoms with Crippen LogP contribution in [0.1, 0.15) is 0 Å². The molecule has 4 heteroatoms. The molecule has 15 heavy (non-hydrogen) atoms. The van der Waals surface area contributed by atoms with E-state index in [4.69, 9.17) is 0 Å². The molecule has 0 amide bonds. The summed E-state index contributed by atoms with van der Waals surface area (Å²) in [5.74, 6) is 0. The van der Waals surface area contributed by atoms with E-state index in [1.165, 1.54) is 11.5 Å². The standard InChI is InChI=1S/C11H7N3S/c1-2-8(6-12-4-1)11-9-7-13-5-3-10(9)15-14-11/h1-7H. The first kappa shape index (κ1) is 8.49. The first-order chi connectivity index (χ1) is 7.45. The molecular weight excluding hydrogens is 206 g/mol. The molecule has 0 aliphatic rings. The Labute approximate surface area is 90.6 Å². The van der Waals surface area contributed by atoms with E-state index in [-0.39, 0.29) is 0 Å². The van der Waals surface area contributed by atoms with Gasteiger partial charge >= 0.3 is 0 Å². The maximum atomic E-state index is 4.43. The van der Waals surface area contributed by atoms with Gasteiger partial charge in [-0.05, 0) is 29.7 Å². The summed E-state index contributed by atoms with van der Waals surface area (Å²) in [6, 6.07) is 5.90. The van der Waals surface area contributed by atoms with Gasteiger partial charge in [-0.3, -0.25) is 9.97 Å². The third-order valence-corrected chi connectivity index (χ3v) is 3.03. The Hall–Kier alpha value is -1.81. The predicted octanol–water partition coefficient (Wildman–Crippen LogP) is 2.75. The molecule has 3 rings (SSSR count). The first-order valence-corrected chi connectivity index (χ1v) is 5.32. The highest BCUT2D eigenvalue weighted by Crippen LogP contribution is 2.29. The van der Waals surface area contributed by atoms with Crippen LogP contribution in [0.15, 0.2) is 43.0 Å². The SMILES string of the molecule is c1cncc(-c2nsc3ccncc23)c1. The number of nitrogens with zero attached hydrogens (tertiary/aromatic N) is 3. The van der Waals surface area contributed by atoms with Gasteiger partial charge < -0.3 is 0 Å². The highest BCUT2D eigenvalue weighted by atomic mass is 32.1. The van der Waals surface area contributed by atoms with E-state index >= 15 is 0 Å². The van der Waals surface area contributed by atoms with Crippen molar-refractivity contribution in [3.63, 3.8) is 0 Å². The second-order valence-electron chi connectivity index (χ2n) is 3.14. The van der Waals surface area contributed by atoms with E-state index < -0.39 is 0 Å². The van der Waals surface area contributed by atoms with Crippen LogP contribution in [0.3, 0.4) is 0 Å². The average Bonchev–Trinajstić information content (AvgIpc) is 2.74. The van der Waals surface area contributed by atoms with E-state index in [0.717, 1.165) is 21.3 Å². The lowest BCUT2D eigenvalue weighted by Gasteiger charge is -1.95. The summed E-state index contributed by atoms with van der Waals surface area (Å²) < 4.78 is 5.58. The molecule has 72 valence electrons. The third kappa shape index (κ3) is 1.39. The van der Waals surface area contributed by atoms with Crippen LogP contribution in [0.5, 0.6) is 0 Å². The van der Waals surface area contributed by atoms with Crippen LogP contribution in [0.2, 0.25) is 0 Å². The molecule has 0 bridgehead atoms. The first-order valence-electron chi connectivity index (χ1n) is 4.55. The molecule has 0 fully saturated rings. The zero-order valence-electron chi connectivity index (χ0n) is 7.79. The molecule has 0 radical (unpaired) electrons. The number of hydrogen-bond donors (Lipinski definition) is 0. The van der Waals surface area contributed by atoms with Crippen molar-refractivity contribution in [3.8, 4) is 11.3 Å². The zero-order chi connectivity index (χ0) is 10.1. The average molecular weight is 213 g/mol. The summed E-state index contributed by atoms with van der Waals surface area (Å²) in [6.45, 7) is 0. The smallest absolute Gasteiger partial charge is 0.0950 e. The monoisotopic (exact) mass is 213 g/mol. The van der Waals surface area contributed by atoms with Gasteiger partial charge in [-0.2, -0.15) is 4.37 Å². The Morgan fingerprint density at radius 2 is 1.93 bits per heavy atom. The molecule has 0 unspecified atom stereocenters. The maximum Gasteiger partial charge on any atom is 0.0950 e. The van der Waals surface area contributed by atoms with Crippen LogP contribution in [0.25, 0.3) is 21.3 Å². The van der Waals surface area contributed by atoms with E-state index in [1.54, 1.807) is 12.4 Å². The molecule has 3 aromatic heterocycles. The number of rotatable bonds is 1. The van der Waals surface area contributed by atoms with Gasteiger partial charge in [-0.1, -0.05) is 0 Å². The van der Waals surface area contributed by atoms with Gasteiger partial charge in [0.05, 0.1) is 10.4 Å². The summed E-state index contributed by atoms with van der Waals surface area (Å²) in [4.78, 5) is 8.21. The molecule has 0 saturated carbocycles. The molecule has 3 nitrogen and oxygen atoms in total. The summed E-state index contributed by atoms with van der Waals surface area (Å²) in [6.07, 6.45) is 7.21. The molecule has 3 heterocycles. The molecular formula is C11H7N3S. The number of aromatic nitrogens is 3. The zero-order valence-corrected chi connectivity index (χ0v) is 8.61. The number of pyridine rings is 2. The van der Waals surface area contributed by atoms with Gasteiger partial charge in [0.1, 0.15) is 0 Å². The normalized spacial score (nSPS) is 10.7. The van der Waals surface area contributed by atoms with Gasteiger partial charge in [0.25, 0.3) is 0 Å². The lowest BCUT2D eigenvalue weighted by molar-refractivity contribution is 1.32. The van der Waals surface area contributed by atoms with Crippen molar-refractivity contribution < 1.29 is 0 Å². The van der Waals surface area contributed by atoms with E-state index in [0.29, 0.717) is 0 Å². The Balaban J connectivity index is 2.28. The molecule has 0 aliphatic heterocycles. The van der Waals surface area contributed by atoms with Crippen LogP contribution in [-0.2, 0) is 0 Å². The highest BCUT2D eigenvalue weighted by Gasteiger charge is 2.07. The lowest BCUT2D eigenvalue weighted by atomic mass is 10.1. The predicted molar refractivity (Wildman–Crippen MR) is 60.6 cm³/mol. The van der Waals surface area contributed by atoms with Crippen LogP contribution in [0, 0.1) is 0 Å². The third-order valence-electron chi connectivity index (χ3n) is 2.21. The second-order valence-corrected chi connectivity index (χ2v) is 3.95. The lowest BCUT2D eigenvalue weighted by Crippen LogP contribution is -1.79. The van der Waals surface area contributed by atoms with Crippen LogP contribution in [0.4, 0.5) is 0 Å². The Morgan fingerprint density at radius 1 is 1.00 bits per heavy atom. The van der Waals surface area contributed by atoms with Gasteiger partial charge in [-0.25, -0.2) is 0 Å². The molecule has 0 spiro atoms. The van der Waals surface area contributed by atoms with Gasteiger partial charge in [0.2, 0.25) is 0 Å².